The average molecular weight is 284 g/mol. The smallest absolute Gasteiger partial charge is 0.129 e. The van der Waals surface area contributed by atoms with Gasteiger partial charge in [-0.25, -0.2) is 4.98 Å². The molecule has 0 bridgehead atoms. The van der Waals surface area contributed by atoms with E-state index in [1.165, 1.54) is 16.5 Å². The molecule has 0 fully saturated rings. The minimum absolute atomic E-state index is 0.112. The summed E-state index contributed by atoms with van der Waals surface area (Å²) in [4.78, 5) is 4.99. The van der Waals surface area contributed by atoms with E-state index in [-0.39, 0.29) is 5.41 Å². The molecule has 0 amide bonds. The van der Waals surface area contributed by atoms with Gasteiger partial charge in [0.1, 0.15) is 5.82 Å². The van der Waals surface area contributed by atoms with Gasteiger partial charge in [-0.05, 0) is 35.4 Å². The third-order valence-corrected chi connectivity index (χ3v) is 3.79. The van der Waals surface area contributed by atoms with Gasteiger partial charge in [-0.3, -0.25) is 0 Å². The molecule has 0 atom stereocenters. The first-order chi connectivity index (χ1) is 9.97. The molecule has 21 heavy (non-hydrogen) atoms. The minimum atomic E-state index is 0.112. The van der Waals surface area contributed by atoms with Gasteiger partial charge in [0.15, 0.2) is 0 Å². The molecule has 1 heterocycles. The number of pyridine rings is 1. The van der Waals surface area contributed by atoms with Crippen LogP contribution in [0, 0.1) is 0 Å². The predicted octanol–water partition coefficient (Wildman–Crippen LogP) is 5.31. The van der Waals surface area contributed by atoms with Crippen LogP contribution in [0.15, 0.2) is 24.3 Å². The molecule has 0 spiro atoms. The fourth-order valence-electron chi connectivity index (χ4n) is 2.70. The lowest BCUT2D eigenvalue weighted by Crippen LogP contribution is -2.13. The zero-order valence-electron chi connectivity index (χ0n) is 14.1. The summed E-state index contributed by atoms with van der Waals surface area (Å²) in [5.41, 5.74) is 3.91. The largest absolute Gasteiger partial charge is 0.370 e. The molecule has 0 aliphatic heterocycles. The third kappa shape index (κ3) is 3.55. The van der Waals surface area contributed by atoms with Crippen LogP contribution in [-0.4, -0.2) is 11.5 Å². The van der Waals surface area contributed by atoms with E-state index in [2.05, 4.69) is 64.2 Å². The van der Waals surface area contributed by atoms with Crippen LogP contribution in [-0.2, 0) is 11.8 Å². The Hall–Kier alpha value is -1.57. The lowest BCUT2D eigenvalue weighted by Gasteiger charge is -2.22. The van der Waals surface area contributed by atoms with Gasteiger partial charge >= 0.3 is 0 Å². The molecule has 1 N–H and O–H groups in total. The Morgan fingerprint density at radius 1 is 1.10 bits per heavy atom. The molecular weight excluding hydrogens is 256 g/mol. The molecule has 2 rings (SSSR count). The maximum absolute atomic E-state index is 4.99. The van der Waals surface area contributed by atoms with Crippen molar-refractivity contribution in [2.45, 2.75) is 59.3 Å². The van der Waals surface area contributed by atoms with Crippen molar-refractivity contribution in [3.8, 4) is 0 Å². The molecule has 0 aliphatic rings. The minimum Gasteiger partial charge on any atom is -0.370 e. The lowest BCUT2D eigenvalue weighted by atomic mass is 9.85. The van der Waals surface area contributed by atoms with Crippen LogP contribution >= 0.6 is 0 Å². The standard InChI is InChI=1S/C19H28N2/c1-6-9-15-13-14-10-8-11-16(19(3,4)5)17(14)21-18(15)20-12-7-2/h8,10-11,13H,6-7,9,12H2,1-5H3,(H,20,21). The molecule has 0 saturated carbocycles. The normalized spacial score (nSPS) is 11.9. The lowest BCUT2D eigenvalue weighted by molar-refractivity contribution is 0.594. The van der Waals surface area contributed by atoms with Crippen molar-refractivity contribution in [2.24, 2.45) is 0 Å². The van der Waals surface area contributed by atoms with Gasteiger partial charge in [0.25, 0.3) is 0 Å². The van der Waals surface area contributed by atoms with Crippen molar-refractivity contribution in [1.29, 1.82) is 0 Å². The predicted molar refractivity (Wildman–Crippen MR) is 93.2 cm³/mol. The van der Waals surface area contributed by atoms with E-state index < -0.39 is 0 Å². The monoisotopic (exact) mass is 284 g/mol. The summed E-state index contributed by atoms with van der Waals surface area (Å²) in [7, 11) is 0. The number of benzene rings is 1. The number of hydrogen-bond acceptors (Lipinski definition) is 2. The second-order valence-electron chi connectivity index (χ2n) is 6.80. The van der Waals surface area contributed by atoms with Gasteiger partial charge in [-0.1, -0.05) is 59.2 Å². The highest BCUT2D eigenvalue weighted by molar-refractivity contribution is 5.85. The molecule has 2 nitrogen and oxygen atoms in total. The van der Waals surface area contributed by atoms with Crippen LogP contribution < -0.4 is 5.32 Å². The highest BCUT2D eigenvalue weighted by Crippen LogP contribution is 2.31. The molecule has 2 heteroatoms. The van der Waals surface area contributed by atoms with Crippen LogP contribution in [0.4, 0.5) is 5.82 Å². The fraction of sp³-hybridized carbons (Fsp3) is 0.526. The van der Waals surface area contributed by atoms with E-state index in [9.17, 15) is 0 Å². The first kappa shape index (κ1) is 15.8. The van der Waals surface area contributed by atoms with Gasteiger partial charge < -0.3 is 5.32 Å². The average Bonchev–Trinajstić information content (AvgIpc) is 2.43. The van der Waals surface area contributed by atoms with Crippen LogP contribution in [0.1, 0.15) is 58.6 Å². The zero-order chi connectivity index (χ0) is 15.5. The molecule has 1 aromatic heterocycles. The molecule has 0 radical (unpaired) electrons. The number of fused-ring (bicyclic) bond motifs is 1. The number of aryl methyl sites for hydroxylation is 1. The van der Waals surface area contributed by atoms with Crippen molar-refractivity contribution in [3.05, 3.63) is 35.4 Å². The van der Waals surface area contributed by atoms with E-state index in [1.54, 1.807) is 0 Å². The van der Waals surface area contributed by atoms with Crippen molar-refractivity contribution >= 4 is 16.7 Å². The Morgan fingerprint density at radius 3 is 2.48 bits per heavy atom. The highest BCUT2D eigenvalue weighted by atomic mass is 15.0. The summed E-state index contributed by atoms with van der Waals surface area (Å²) in [6, 6.07) is 8.86. The molecule has 0 aliphatic carbocycles. The van der Waals surface area contributed by atoms with Crippen molar-refractivity contribution < 1.29 is 0 Å². The Kier molecular flexibility index (Phi) is 4.87. The van der Waals surface area contributed by atoms with Crippen molar-refractivity contribution in [1.82, 2.24) is 4.98 Å². The molecular formula is C19H28N2. The number of aromatic nitrogens is 1. The maximum Gasteiger partial charge on any atom is 0.129 e. The van der Waals surface area contributed by atoms with E-state index in [4.69, 9.17) is 4.98 Å². The maximum atomic E-state index is 4.99. The zero-order valence-corrected chi connectivity index (χ0v) is 14.1. The Bertz CT molecular complexity index is 609. The van der Waals surface area contributed by atoms with Crippen LogP contribution in [0.5, 0.6) is 0 Å². The Labute approximate surface area is 129 Å². The second-order valence-corrected chi connectivity index (χ2v) is 6.80. The number of hydrogen-bond donors (Lipinski definition) is 1. The second kappa shape index (κ2) is 6.46. The van der Waals surface area contributed by atoms with Gasteiger partial charge in [-0.2, -0.15) is 0 Å². The third-order valence-electron chi connectivity index (χ3n) is 3.79. The molecule has 2 aromatic rings. The SMILES string of the molecule is CCCNc1nc2c(C(C)(C)C)cccc2cc1CCC. The van der Waals surface area contributed by atoms with Crippen LogP contribution in [0.25, 0.3) is 10.9 Å². The number of para-hydroxylation sites is 1. The molecule has 0 saturated heterocycles. The molecule has 1 aromatic carbocycles. The van der Waals surface area contributed by atoms with Gasteiger partial charge in [-0.15, -0.1) is 0 Å². The van der Waals surface area contributed by atoms with Gasteiger partial charge in [0.2, 0.25) is 0 Å². The number of nitrogens with zero attached hydrogens (tertiary/aromatic N) is 1. The van der Waals surface area contributed by atoms with Crippen molar-refractivity contribution in [2.75, 3.05) is 11.9 Å². The fourth-order valence-corrected chi connectivity index (χ4v) is 2.70. The van der Waals surface area contributed by atoms with Crippen LogP contribution in [0.2, 0.25) is 0 Å². The Balaban J connectivity index is 2.61. The number of anilines is 1. The summed E-state index contributed by atoms with van der Waals surface area (Å²) >= 11 is 0. The first-order valence-corrected chi connectivity index (χ1v) is 8.14. The summed E-state index contributed by atoms with van der Waals surface area (Å²) in [5, 5.41) is 4.76. The van der Waals surface area contributed by atoms with E-state index in [0.29, 0.717) is 0 Å². The highest BCUT2D eigenvalue weighted by Gasteiger charge is 2.18. The summed E-state index contributed by atoms with van der Waals surface area (Å²) < 4.78 is 0. The van der Waals surface area contributed by atoms with E-state index in [0.717, 1.165) is 37.1 Å². The number of nitrogens with one attached hydrogen (secondary N) is 1. The Morgan fingerprint density at radius 2 is 1.86 bits per heavy atom. The molecule has 114 valence electrons. The van der Waals surface area contributed by atoms with Crippen LogP contribution in [0.3, 0.4) is 0 Å². The van der Waals surface area contributed by atoms with E-state index in [1.807, 2.05) is 0 Å². The van der Waals surface area contributed by atoms with E-state index >= 15 is 0 Å². The van der Waals surface area contributed by atoms with Crippen molar-refractivity contribution in [3.63, 3.8) is 0 Å². The topological polar surface area (TPSA) is 24.9 Å². The first-order valence-electron chi connectivity index (χ1n) is 8.14. The van der Waals surface area contributed by atoms with Gasteiger partial charge in [0, 0.05) is 11.9 Å². The quantitative estimate of drug-likeness (QED) is 0.805. The summed E-state index contributed by atoms with van der Waals surface area (Å²) in [5.74, 6) is 1.07. The summed E-state index contributed by atoms with van der Waals surface area (Å²) in [6.07, 6.45) is 3.34. The van der Waals surface area contributed by atoms with Gasteiger partial charge in [0.05, 0.1) is 5.52 Å². The molecule has 0 unspecified atom stereocenters. The number of rotatable bonds is 5. The summed E-state index contributed by atoms with van der Waals surface area (Å²) in [6.45, 7) is 12.1.